The van der Waals surface area contributed by atoms with E-state index in [1.807, 2.05) is 6.07 Å². The van der Waals surface area contributed by atoms with Gasteiger partial charge in [-0.05, 0) is 17.7 Å². The average Bonchev–Trinajstić information content (AvgIpc) is 2.77. The third-order valence-corrected chi connectivity index (χ3v) is 2.22. The normalized spacial score (nSPS) is 18.4. The number of nitrogens with zero attached hydrogens (tertiary/aromatic N) is 3. The van der Waals surface area contributed by atoms with Crippen molar-refractivity contribution in [1.82, 2.24) is 0 Å². The monoisotopic (exact) mass is 217 g/mol. The Kier molecular flexibility index (Phi) is 2.52. The van der Waals surface area contributed by atoms with Crippen LogP contribution in [0.15, 0.2) is 29.4 Å². The topological polar surface area (TPSA) is 88.5 Å². The zero-order valence-electron chi connectivity index (χ0n) is 8.16. The van der Waals surface area contributed by atoms with Crippen LogP contribution in [0.1, 0.15) is 12.0 Å². The Balaban J connectivity index is 2.18. The summed E-state index contributed by atoms with van der Waals surface area (Å²) < 4.78 is 0. The van der Waals surface area contributed by atoms with Gasteiger partial charge >= 0.3 is 0 Å². The van der Waals surface area contributed by atoms with Gasteiger partial charge in [0.1, 0.15) is 6.07 Å². The molecule has 0 radical (unpaired) electrons. The summed E-state index contributed by atoms with van der Waals surface area (Å²) in [6.45, 7) is 0. The molecule has 0 aromatic heterocycles. The molecular formula is C10H7N3O3. The largest absolute Gasteiger partial charge is 0.376 e. The molecule has 0 aliphatic carbocycles. The van der Waals surface area contributed by atoms with Crippen LogP contribution in [0, 0.1) is 21.4 Å². The van der Waals surface area contributed by atoms with Gasteiger partial charge in [-0.1, -0.05) is 5.16 Å². The molecule has 6 nitrogen and oxygen atoms in total. The van der Waals surface area contributed by atoms with E-state index in [-0.39, 0.29) is 5.69 Å². The quantitative estimate of drug-likeness (QED) is 0.556. The molecule has 1 heterocycles. The van der Waals surface area contributed by atoms with E-state index in [9.17, 15) is 10.1 Å². The first-order valence-corrected chi connectivity index (χ1v) is 4.58. The van der Waals surface area contributed by atoms with Gasteiger partial charge in [0.05, 0.1) is 10.6 Å². The lowest BCUT2D eigenvalue weighted by atomic mass is 10.1. The molecule has 0 saturated heterocycles. The second-order valence-corrected chi connectivity index (χ2v) is 3.27. The van der Waals surface area contributed by atoms with Crippen LogP contribution in [0.25, 0.3) is 0 Å². The van der Waals surface area contributed by atoms with Gasteiger partial charge in [-0.3, -0.25) is 10.1 Å². The number of rotatable bonds is 2. The zero-order valence-corrected chi connectivity index (χ0v) is 8.16. The van der Waals surface area contributed by atoms with Crippen LogP contribution in [0.5, 0.6) is 0 Å². The smallest absolute Gasteiger partial charge is 0.269 e. The molecule has 0 amide bonds. The lowest BCUT2D eigenvalue weighted by Crippen LogP contribution is -2.05. The molecule has 0 bridgehead atoms. The first kappa shape index (κ1) is 10.1. The van der Waals surface area contributed by atoms with Crippen molar-refractivity contribution in [3.8, 4) is 6.07 Å². The van der Waals surface area contributed by atoms with Gasteiger partial charge in [-0.15, -0.1) is 0 Å². The number of nitro benzene ring substituents is 1. The predicted molar refractivity (Wildman–Crippen MR) is 54.7 cm³/mol. The number of non-ortho nitro benzene ring substituents is 1. The number of nitriles is 1. The molecule has 0 saturated carbocycles. The van der Waals surface area contributed by atoms with Gasteiger partial charge in [-0.25, -0.2) is 0 Å². The fourth-order valence-corrected chi connectivity index (χ4v) is 1.39. The first-order chi connectivity index (χ1) is 7.70. The number of oxime groups is 1. The molecule has 0 fully saturated rings. The summed E-state index contributed by atoms with van der Waals surface area (Å²) in [6, 6.07) is 7.94. The minimum Gasteiger partial charge on any atom is -0.376 e. The number of benzene rings is 1. The highest BCUT2D eigenvalue weighted by atomic mass is 16.6. The molecule has 80 valence electrons. The molecule has 1 aliphatic rings. The Hall–Kier alpha value is -2.42. The van der Waals surface area contributed by atoms with E-state index >= 15 is 0 Å². The van der Waals surface area contributed by atoms with Gasteiger partial charge in [0.25, 0.3) is 5.69 Å². The van der Waals surface area contributed by atoms with Crippen molar-refractivity contribution in [2.24, 2.45) is 5.16 Å². The number of nitro groups is 1. The van der Waals surface area contributed by atoms with Crippen LogP contribution in [0.4, 0.5) is 5.69 Å². The summed E-state index contributed by atoms with van der Waals surface area (Å²) in [4.78, 5) is 14.8. The predicted octanol–water partition coefficient (Wildman–Crippen LogP) is 1.61. The van der Waals surface area contributed by atoms with E-state index in [2.05, 4.69) is 5.16 Å². The van der Waals surface area contributed by atoms with Crippen molar-refractivity contribution in [1.29, 1.82) is 5.26 Å². The van der Waals surface area contributed by atoms with Gasteiger partial charge in [0.2, 0.25) is 6.10 Å². The molecule has 1 aromatic carbocycles. The maximum Gasteiger partial charge on any atom is 0.269 e. The van der Waals surface area contributed by atoms with E-state index in [1.54, 1.807) is 12.1 Å². The van der Waals surface area contributed by atoms with Crippen LogP contribution in [-0.4, -0.2) is 16.7 Å². The van der Waals surface area contributed by atoms with Gasteiger partial charge in [-0.2, -0.15) is 5.26 Å². The third kappa shape index (κ3) is 1.83. The van der Waals surface area contributed by atoms with Crippen LogP contribution in [-0.2, 0) is 4.84 Å². The molecule has 0 spiro atoms. The van der Waals surface area contributed by atoms with E-state index in [0.29, 0.717) is 12.1 Å². The van der Waals surface area contributed by atoms with Crippen LogP contribution in [0.2, 0.25) is 0 Å². The van der Waals surface area contributed by atoms with Gasteiger partial charge < -0.3 is 4.84 Å². The summed E-state index contributed by atoms with van der Waals surface area (Å²) in [5.41, 5.74) is 1.41. The average molecular weight is 217 g/mol. The molecular weight excluding hydrogens is 210 g/mol. The highest BCUT2D eigenvalue weighted by Crippen LogP contribution is 2.18. The summed E-state index contributed by atoms with van der Waals surface area (Å²) >= 11 is 0. The molecule has 2 rings (SSSR count). The summed E-state index contributed by atoms with van der Waals surface area (Å²) in [6.07, 6.45) is -0.140. The molecule has 0 N–H and O–H groups in total. The highest BCUT2D eigenvalue weighted by Gasteiger charge is 2.21. The molecule has 6 heteroatoms. The zero-order chi connectivity index (χ0) is 11.5. The van der Waals surface area contributed by atoms with Crippen LogP contribution >= 0.6 is 0 Å². The minimum atomic E-state index is -0.551. The highest BCUT2D eigenvalue weighted by molar-refractivity contribution is 6.01. The van der Waals surface area contributed by atoms with Crippen molar-refractivity contribution < 1.29 is 9.76 Å². The van der Waals surface area contributed by atoms with Crippen molar-refractivity contribution in [3.05, 3.63) is 39.9 Å². The van der Waals surface area contributed by atoms with E-state index in [0.717, 1.165) is 5.56 Å². The molecule has 16 heavy (non-hydrogen) atoms. The Morgan fingerprint density at radius 2 is 2.19 bits per heavy atom. The fourth-order valence-electron chi connectivity index (χ4n) is 1.39. The Bertz CT molecular complexity index is 487. The Labute approximate surface area is 90.9 Å². The molecule has 1 aliphatic heterocycles. The van der Waals surface area contributed by atoms with Crippen molar-refractivity contribution in [2.45, 2.75) is 12.5 Å². The van der Waals surface area contributed by atoms with E-state index in [1.165, 1.54) is 12.1 Å². The Morgan fingerprint density at radius 3 is 2.69 bits per heavy atom. The van der Waals surface area contributed by atoms with E-state index < -0.39 is 11.0 Å². The van der Waals surface area contributed by atoms with Crippen LogP contribution in [0.3, 0.4) is 0 Å². The maximum atomic E-state index is 10.4. The SMILES string of the molecule is N#C[C@H]1CC(c2ccc([N+](=O)[O-])cc2)=NO1. The molecule has 1 atom stereocenters. The van der Waals surface area contributed by atoms with Crippen molar-refractivity contribution in [3.63, 3.8) is 0 Å². The van der Waals surface area contributed by atoms with Crippen molar-refractivity contribution in [2.75, 3.05) is 0 Å². The molecule has 1 aromatic rings. The summed E-state index contributed by atoms with van der Waals surface area (Å²) in [5, 5.41) is 22.8. The van der Waals surface area contributed by atoms with Crippen LogP contribution < -0.4 is 0 Å². The number of hydrogen-bond donors (Lipinski definition) is 0. The van der Waals surface area contributed by atoms with Gasteiger partial charge in [0, 0.05) is 18.6 Å². The summed E-state index contributed by atoms with van der Waals surface area (Å²) in [7, 11) is 0. The molecule has 0 unspecified atom stereocenters. The lowest BCUT2D eigenvalue weighted by Gasteiger charge is -1.97. The lowest BCUT2D eigenvalue weighted by molar-refractivity contribution is -0.384. The first-order valence-electron chi connectivity index (χ1n) is 4.58. The standard InChI is InChI=1S/C10H7N3O3/c11-6-9-5-10(12-16-9)7-1-3-8(4-2-7)13(14)15/h1-4,9H,5H2/t9-/m1/s1. The third-order valence-electron chi connectivity index (χ3n) is 2.22. The number of hydrogen-bond acceptors (Lipinski definition) is 5. The summed E-state index contributed by atoms with van der Waals surface area (Å²) in [5.74, 6) is 0. The fraction of sp³-hybridized carbons (Fsp3) is 0.200. The van der Waals surface area contributed by atoms with Crippen molar-refractivity contribution >= 4 is 11.4 Å². The van der Waals surface area contributed by atoms with E-state index in [4.69, 9.17) is 10.1 Å². The second kappa shape index (κ2) is 3.98. The van der Waals surface area contributed by atoms with Gasteiger partial charge in [0.15, 0.2) is 0 Å². The Morgan fingerprint density at radius 1 is 1.50 bits per heavy atom. The maximum absolute atomic E-state index is 10.4. The minimum absolute atomic E-state index is 0.0279. The second-order valence-electron chi connectivity index (χ2n) is 3.27.